The summed E-state index contributed by atoms with van der Waals surface area (Å²) in [5, 5.41) is 3.49. The van der Waals surface area contributed by atoms with Gasteiger partial charge in [0, 0.05) is 18.7 Å². The van der Waals surface area contributed by atoms with Crippen LogP contribution in [0.4, 0.5) is 0 Å². The smallest absolute Gasteiger partial charge is 0.123 e. The first kappa shape index (κ1) is 16.6. The van der Waals surface area contributed by atoms with E-state index in [4.69, 9.17) is 13.9 Å². The topological polar surface area (TPSA) is 43.6 Å². The summed E-state index contributed by atoms with van der Waals surface area (Å²) in [4.78, 5) is 0. The van der Waals surface area contributed by atoms with Crippen LogP contribution in [0.1, 0.15) is 31.2 Å². The highest BCUT2D eigenvalue weighted by atomic mass is 16.5. The van der Waals surface area contributed by atoms with E-state index < -0.39 is 0 Å². The van der Waals surface area contributed by atoms with Gasteiger partial charge >= 0.3 is 0 Å². The van der Waals surface area contributed by atoms with Crippen LogP contribution in [0.15, 0.2) is 47.1 Å². The number of benzene rings is 1. The predicted molar refractivity (Wildman–Crippen MR) is 86.9 cm³/mol. The highest BCUT2D eigenvalue weighted by Gasteiger charge is 2.15. The molecule has 0 saturated carbocycles. The van der Waals surface area contributed by atoms with Crippen LogP contribution in [0, 0.1) is 5.92 Å². The highest BCUT2D eigenvalue weighted by molar-refractivity contribution is 5.33. The number of methoxy groups -OCH3 is 1. The minimum atomic E-state index is 0.0265. The lowest BCUT2D eigenvalue weighted by Crippen LogP contribution is -2.25. The van der Waals surface area contributed by atoms with Crippen LogP contribution in [0.2, 0.25) is 0 Å². The molecule has 4 heteroatoms. The number of nitrogens with one attached hydrogen (secondary N) is 1. The average Bonchev–Trinajstić information content (AvgIpc) is 3.05. The fourth-order valence-electron chi connectivity index (χ4n) is 2.23. The minimum Gasteiger partial charge on any atom is -0.496 e. The van der Waals surface area contributed by atoms with Crippen LogP contribution < -0.4 is 10.1 Å². The predicted octanol–water partition coefficient (Wildman–Crippen LogP) is 3.79. The van der Waals surface area contributed by atoms with Crippen molar-refractivity contribution in [2.24, 2.45) is 5.92 Å². The summed E-state index contributed by atoms with van der Waals surface area (Å²) in [6, 6.07) is 11.9. The molecule has 4 nitrogen and oxygen atoms in total. The third-order valence-electron chi connectivity index (χ3n) is 3.35. The minimum absolute atomic E-state index is 0.0265. The van der Waals surface area contributed by atoms with E-state index in [0.717, 1.165) is 23.7 Å². The number of para-hydroxylation sites is 1. The van der Waals surface area contributed by atoms with Gasteiger partial charge in [0.15, 0.2) is 0 Å². The Kier molecular flexibility index (Phi) is 6.49. The van der Waals surface area contributed by atoms with Crippen molar-refractivity contribution in [3.63, 3.8) is 0 Å². The van der Waals surface area contributed by atoms with Crippen molar-refractivity contribution in [3.8, 4) is 5.75 Å². The van der Waals surface area contributed by atoms with Gasteiger partial charge in [-0.15, -0.1) is 0 Å². The number of hydrogen-bond acceptors (Lipinski definition) is 4. The molecule has 0 fully saturated rings. The van der Waals surface area contributed by atoms with Gasteiger partial charge in [-0.05, 0) is 24.1 Å². The Morgan fingerprint density at radius 2 is 1.91 bits per heavy atom. The van der Waals surface area contributed by atoms with Gasteiger partial charge in [-0.3, -0.25) is 0 Å². The van der Waals surface area contributed by atoms with Gasteiger partial charge < -0.3 is 19.2 Å². The summed E-state index contributed by atoms with van der Waals surface area (Å²) in [7, 11) is 1.69. The zero-order valence-electron chi connectivity index (χ0n) is 13.5. The fourth-order valence-corrected chi connectivity index (χ4v) is 2.23. The molecule has 0 aliphatic heterocycles. The molecule has 22 heavy (non-hydrogen) atoms. The zero-order valence-corrected chi connectivity index (χ0v) is 13.5. The number of furan rings is 1. The summed E-state index contributed by atoms with van der Waals surface area (Å²) in [5.74, 6) is 2.29. The standard InChI is InChI=1S/C18H25NO3/c1-14(2)12-21-13-16(18-9-6-10-22-18)19-11-15-7-4-5-8-17(15)20-3/h4-10,14,16,19H,11-13H2,1-3H3. The molecule has 2 rings (SSSR count). The summed E-state index contributed by atoms with van der Waals surface area (Å²) in [5.41, 5.74) is 1.12. The second kappa shape index (κ2) is 8.61. The third-order valence-corrected chi connectivity index (χ3v) is 3.35. The molecule has 0 saturated heterocycles. The first-order chi connectivity index (χ1) is 10.7. The summed E-state index contributed by atoms with van der Waals surface area (Å²) in [6.45, 7) is 6.31. The molecule has 0 amide bonds. The van der Waals surface area contributed by atoms with Crippen LogP contribution in [0.5, 0.6) is 5.75 Å². The second-order valence-corrected chi connectivity index (χ2v) is 5.69. The van der Waals surface area contributed by atoms with Crippen LogP contribution in [0.3, 0.4) is 0 Å². The van der Waals surface area contributed by atoms with Crippen molar-refractivity contribution in [3.05, 3.63) is 54.0 Å². The highest BCUT2D eigenvalue weighted by Crippen LogP contribution is 2.20. The molecule has 1 atom stereocenters. The SMILES string of the molecule is COc1ccccc1CNC(COCC(C)C)c1ccco1. The maximum absolute atomic E-state index is 5.77. The van der Waals surface area contributed by atoms with Crippen LogP contribution in [-0.2, 0) is 11.3 Å². The van der Waals surface area contributed by atoms with Crippen LogP contribution in [0.25, 0.3) is 0 Å². The van der Waals surface area contributed by atoms with Gasteiger partial charge in [0.1, 0.15) is 11.5 Å². The average molecular weight is 303 g/mol. The molecular formula is C18H25NO3. The van der Waals surface area contributed by atoms with E-state index in [0.29, 0.717) is 19.1 Å². The molecule has 1 unspecified atom stereocenters. The van der Waals surface area contributed by atoms with Crippen molar-refractivity contribution >= 4 is 0 Å². The normalized spacial score (nSPS) is 12.5. The number of hydrogen-bond donors (Lipinski definition) is 1. The van der Waals surface area contributed by atoms with Crippen molar-refractivity contribution in [2.75, 3.05) is 20.3 Å². The molecule has 2 aromatic rings. The van der Waals surface area contributed by atoms with E-state index in [9.17, 15) is 0 Å². The molecule has 0 aliphatic rings. The number of rotatable bonds is 9. The molecule has 0 spiro atoms. The van der Waals surface area contributed by atoms with Crippen LogP contribution in [-0.4, -0.2) is 20.3 Å². The van der Waals surface area contributed by atoms with E-state index in [1.54, 1.807) is 13.4 Å². The Hall–Kier alpha value is -1.78. The second-order valence-electron chi connectivity index (χ2n) is 5.69. The molecule has 1 heterocycles. The van der Waals surface area contributed by atoms with Gasteiger partial charge in [-0.25, -0.2) is 0 Å². The van der Waals surface area contributed by atoms with Gasteiger partial charge in [0.25, 0.3) is 0 Å². The van der Waals surface area contributed by atoms with Gasteiger partial charge in [0.2, 0.25) is 0 Å². The van der Waals surface area contributed by atoms with E-state index in [1.807, 2.05) is 30.3 Å². The Balaban J connectivity index is 1.97. The van der Waals surface area contributed by atoms with Gasteiger partial charge in [0.05, 0.1) is 26.0 Å². The van der Waals surface area contributed by atoms with Crippen molar-refractivity contribution in [1.29, 1.82) is 0 Å². The molecule has 0 bridgehead atoms. The Morgan fingerprint density at radius 3 is 2.59 bits per heavy atom. The van der Waals surface area contributed by atoms with E-state index in [2.05, 4.69) is 25.2 Å². The summed E-state index contributed by atoms with van der Waals surface area (Å²) < 4.78 is 16.7. The molecule has 0 radical (unpaired) electrons. The summed E-state index contributed by atoms with van der Waals surface area (Å²) in [6.07, 6.45) is 1.69. The maximum Gasteiger partial charge on any atom is 0.123 e. The maximum atomic E-state index is 5.77. The monoisotopic (exact) mass is 303 g/mol. The largest absolute Gasteiger partial charge is 0.496 e. The van der Waals surface area contributed by atoms with Gasteiger partial charge in [-0.2, -0.15) is 0 Å². The summed E-state index contributed by atoms with van der Waals surface area (Å²) >= 11 is 0. The van der Waals surface area contributed by atoms with Crippen molar-refractivity contribution in [2.45, 2.75) is 26.4 Å². The zero-order chi connectivity index (χ0) is 15.8. The lowest BCUT2D eigenvalue weighted by Gasteiger charge is -2.18. The van der Waals surface area contributed by atoms with E-state index >= 15 is 0 Å². The third kappa shape index (κ3) is 4.90. The van der Waals surface area contributed by atoms with E-state index in [-0.39, 0.29) is 6.04 Å². The Bertz CT molecular complexity index is 537. The lowest BCUT2D eigenvalue weighted by atomic mass is 10.1. The van der Waals surface area contributed by atoms with E-state index in [1.165, 1.54) is 0 Å². The van der Waals surface area contributed by atoms with Crippen LogP contribution >= 0.6 is 0 Å². The quantitative estimate of drug-likeness (QED) is 0.765. The lowest BCUT2D eigenvalue weighted by molar-refractivity contribution is 0.0844. The molecule has 0 aliphatic carbocycles. The first-order valence-electron chi connectivity index (χ1n) is 7.67. The van der Waals surface area contributed by atoms with Crippen molar-refractivity contribution in [1.82, 2.24) is 5.32 Å². The van der Waals surface area contributed by atoms with Gasteiger partial charge in [-0.1, -0.05) is 32.0 Å². The Morgan fingerprint density at radius 1 is 1.09 bits per heavy atom. The molecule has 120 valence electrons. The fraction of sp³-hybridized carbons (Fsp3) is 0.444. The molecule has 1 N–H and O–H groups in total. The number of ether oxygens (including phenoxy) is 2. The molecule has 1 aromatic carbocycles. The molecular weight excluding hydrogens is 278 g/mol. The molecule has 1 aromatic heterocycles. The first-order valence-corrected chi connectivity index (χ1v) is 7.67. The van der Waals surface area contributed by atoms with Crippen molar-refractivity contribution < 1.29 is 13.9 Å². The Labute approximate surface area is 132 Å².